The van der Waals surface area contributed by atoms with Gasteiger partial charge in [0.2, 0.25) is 0 Å². The lowest BCUT2D eigenvalue weighted by molar-refractivity contribution is 1.08. The molecule has 0 saturated heterocycles. The van der Waals surface area contributed by atoms with E-state index in [0.29, 0.717) is 0 Å². The summed E-state index contributed by atoms with van der Waals surface area (Å²) in [7, 11) is 0. The van der Waals surface area contributed by atoms with Crippen molar-refractivity contribution in [3.63, 3.8) is 0 Å². The summed E-state index contributed by atoms with van der Waals surface area (Å²) in [6.07, 6.45) is 7.55. The van der Waals surface area contributed by atoms with E-state index in [2.05, 4.69) is 16.1 Å². The van der Waals surface area contributed by atoms with Gasteiger partial charge in [-0.25, -0.2) is 9.98 Å². The summed E-state index contributed by atoms with van der Waals surface area (Å²) in [4.78, 5) is 7.95. The normalized spacial score (nSPS) is 22.1. The largest absolute Gasteiger partial charge is 0.246 e. The number of nitrogens with zero attached hydrogens (tertiary/aromatic N) is 2. The summed E-state index contributed by atoms with van der Waals surface area (Å²) in [6.45, 7) is 2.02. The lowest BCUT2D eigenvalue weighted by atomic mass is 10.2. The van der Waals surface area contributed by atoms with Gasteiger partial charge in [0.05, 0.1) is 0 Å². The van der Waals surface area contributed by atoms with E-state index in [9.17, 15) is 0 Å². The SMILES string of the molecule is CC1=NC=N/C=C\CC1. The van der Waals surface area contributed by atoms with Gasteiger partial charge >= 0.3 is 0 Å². The molecule has 2 heteroatoms. The van der Waals surface area contributed by atoms with Crippen LogP contribution in [-0.2, 0) is 0 Å². The maximum absolute atomic E-state index is 4.06. The van der Waals surface area contributed by atoms with E-state index < -0.39 is 0 Å². The van der Waals surface area contributed by atoms with Gasteiger partial charge in [-0.15, -0.1) is 0 Å². The smallest absolute Gasteiger partial charge is 0.115 e. The Bertz CT molecular complexity index is 166. The van der Waals surface area contributed by atoms with Gasteiger partial charge in [0, 0.05) is 11.9 Å². The number of hydrogen-bond donors (Lipinski definition) is 0. The predicted octanol–water partition coefficient (Wildman–Crippen LogP) is 1.78. The highest BCUT2D eigenvalue weighted by atomic mass is 14.8. The quantitative estimate of drug-likeness (QED) is 0.468. The molecule has 0 radical (unpaired) electrons. The minimum atomic E-state index is 1.06. The van der Waals surface area contributed by atoms with Crippen LogP contribution in [0.15, 0.2) is 22.3 Å². The molecule has 0 saturated carbocycles. The maximum Gasteiger partial charge on any atom is 0.115 e. The molecule has 0 bridgehead atoms. The van der Waals surface area contributed by atoms with Crippen LogP contribution in [0.2, 0.25) is 0 Å². The minimum absolute atomic E-state index is 1.06. The predicted molar refractivity (Wildman–Crippen MR) is 40.0 cm³/mol. The van der Waals surface area contributed by atoms with Gasteiger partial charge in [-0.05, 0) is 19.8 Å². The molecule has 1 aliphatic heterocycles. The summed E-state index contributed by atoms with van der Waals surface area (Å²) < 4.78 is 0. The molecule has 2 nitrogen and oxygen atoms in total. The van der Waals surface area contributed by atoms with Gasteiger partial charge in [0.25, 0.3) is 0 Å². The molecule has 48 valence electrons. The van der Waals surface area contributed by atoms with Crippen molar-refractivity contribution < 1.29 is 0 Å². The fraction of sp³-hybridized carbons (Fsp3) is 0.429. The lowest BCUT2D eigenvalue weighted by Crippen LogP contribution is -1.91. The Balaban J connectivity index is 2.62. The van der Waals surface area contributed by atoms with Crippen molar-refractivity contribution in [1.82, 2.24) is 0 Å². The first-order chi connectivity index (χ1) is 4.39. The van der Waals surface area contributed by atoms with Crippen molar-refractivity contribution in [2.75, 3.05) is 0 Å². The molecule has 0 N–H and O–H groups in total. The van der Waals surface area contributed by atoms with Crippen molar-refractivity contribution in [2.24, 2.45) is 9.98 Å². The van der Waals surface area contributed by atoms with Gasteiger partial charge in [0.15, 0.2) is 0 Å². The second-order valence-corrected chi connectivity index (χ2v) is 2.05. The third-order valence-electron chi connectivity index (χ3n) is 1.21. The number of aliphatic imine (C=N–C) groups is 2. The first-order valence-electron chi connectivity index (χ1n) is 3.09. The standard InChI is InChI=1S/C7H10N2/c1-7-4-2-3-5-8-6-9-7/h3,5-6H,2,4H2,1H3/b5-3-,8-6?,9-7?. The highest BCUT2D eigenvalue weighted by Gasteiger charge is 1.88. The van der Waals surface area contributed by atoms with E-state index in [1.807, 2.05) is 6.92 Å². The van der Waals surface area contributed by atoms with Crippen molar-refractivity contribution in [3.8, 4) is 0 Å². The fourth-order valence-electron chi connectivity index (χ4n) is 0.663. The fourth-order valence-corrected chi connectivity index (χ4v) is 0.663. The molecule has 0 unspecified atom stereocenters. The molecule has 1 rings (SSSR count). The average Bonchev–Trinajstić information content (AvgIpc) is 1.79. The summed E-state index contributed by atoms with van der Waals surface area (Å²) in [5.74, 6) is 0. The topological polar surface area (TPSA) is 24.7 Å². The summed E-state index contributed by atoms with van der Waals surface area (Å²) >= 11 is 0. The van der Waals surface area contributed by atoms with Gasteiger partial charge in [-0.2, -0.15) is 0 Å². The Morgan fingerprint density at radius 2 is 2.44 bits per heavy atom. The number of hydrogen-bond acceptors (Lipinski definition) is 2. The van der Waals surface area contributed by atoms with Crippen LogP contribution in [0.4, 0.5) is 0 Å². The van der Waals surface area contributed by atoms with Crippen LogP contribution in [0.5, 0.6) is 0 Å². The van der Waals surface area contributed by atoms with E-state index in [1.165, 1.54) is 0 Å². The number of rotatable bonds is 0. The molecule has 0 amide bonds. The molecular weight excluding hydrogens is 112 g/mol. The van der Waals surface area contributed by atoms with Gasteiger partial charge in [-0.3, -0.25) is 0 Å². The van der Waals surface area contributed by atoms with Crippen LogP contribution < -0.4 is 0 Å². The highest BCUT2D eigenvalue weighted by Crippen LogP contribution is 1.96. The number of allylic oxidation sites excluding steroid dienone is 1. The van der Waals surface area contributed by atoms with Crippen molar-refractivity contribution >= 4 is 12.1 Å². The molecule has 1 aliphatic rings. The molecule has 0 spiro atoms. The Morgan fingerprint density at radius 3 is 3.33 bits per heavy atom. The summed E-state index contributed by atoms with van der Waals surface area (Å²) in [5.41, 5.74) is 1.16. The molecule has 0 aromatic carbocycles. The molecule has 1 heterocycles. The first-order valence-corrected chi connectivity index (χ1v) is 3.09. The Morgan fingerprint density at radius 1 is 1.56 bits per heavy atom. The zero-order valence-electron chi connectivity index (χ0n) is 5.54. The third-order valence-corrected chi connectivity index (χ3v) is 1.21. The molecule has 0 atom stereocenters. The van der Waals surface area contributed by atoms with Crippen molar-refractivity contribution in [2.45, 2.75) is 19.8 Å². The molecular formula is C7H10N2. The second-order valence-electron chi connectivity index (χ2n) is 2.05. The molecule has 0 aliphatic carbocycles. The Labute approximate surface area is 55.0 Å². The van der Waals surface area contributed by atoms with E-state index in [-0.39, 0.29) is 0 Å². The third kappa shape index (κ3) is 2.22. The van der Waals surface area contributed by atoms with Crippen LogP contribution in [0.3, 0.4) is 0 Å². The van der Waals surface area contributed by atoms with Gasteiger partial charge in [-0.1, -0.05) is 6.08 Å². The van der Waals surface area contributed by atoms with Gasteiger partial charge < -0.3 is 0 Å². The van der Waals surface area contributed by atoms with Crippen molar-refractivity contribution in [1.29, 1.82) is 0 Å². The minimum Gasteiger partial charge on any atom is -0.246 e. The zero-order valence-corrected chi connectivity index (χ0v) is 5.54. The highest BCUT2D eigenvalue weighted by molar-refractivity contribution is 5.88. The van der Waals surface area contributed by atoms with Gasteiger partial charge in [0.1, 0.15) is 6.34 Å². The van der Waals surface area contributed by atoms with E-state index >= 15 is 0 Å². The van der Waals surface area contributed by atoms with E-state index in [1.54, 1.807) is 12.5 Å². The molecule has 0 fully saturated rings. The van der Waals surface area contributed by atoms with Crippen LogP contribution in [0.1, 0.15) is 19.8 Å². The van der Waals surface area contributed by atoms with E-state index in [0.717, 1.165) is 18.6 Å². The monoisotopic (exact) mass is 122 g/mol. The van der Waals surface area contributed by atoms with Crippen LogP contribution >= 0.6 is 0 Å². The Hall–Kier alpha value is -0.920. The molecule has 9 heavy (non-hydrogen) atoms. The van der Waals surface area contributed by atoms with Crippen molar-refractivity contribution in [3.05, 3.63) is 12.3 Å². The molecule has 0 aromatic rings. The van der Waals surface area contributed by atoms with Crippen LogP contribution in [-0.4, -0.2) is 12.1 Å². The maximum atomic E-state index is 4.06. The van der Waals surface area contributed by atoms with E-state index in [4.69, 9.17) is 0 Å². The Kier molecular flexibility index (Phi) is 2.19. The average molecular weight is 122 g/mol. The van der Waals surface area contributed by atoms with Crippen LogP contribution in [0, 0.1) is 0 Å². The molecule has 0 aromatic heterocycles. The second kappa shape index (κ2) is 3.17. The summed E-state index contributed by atoms with van der Waals surface area (Å²) in [6, 6.07) is 0. The lowest BCUT2D eigenvalue weighted by Gasteiger charge is -1.94. The first kappa shape index (κ1) is 6.20. The van der Waals surface area contributed by atoms with Crippen LogP contribution in [0.25, 0.3) is 0 Å². The summed E-state index contributed by atoms with van der Waals surface area (Å²) in [5, 5.41) is 0. The zero-order chi connectivity index (χ0) is 6.53.